The molecule has 1 saturated carbocycles. The van der Waals surface area contributed by atoms with Crippen LogP contribution in [0.15, 0.2) is 40.5 Å². The summed E-state index contributed by atoms with van der Waals surface area (Å²) in [7, 11) is 0. The first-order valence-electron chi connectivity index (χ1n) is 7.58. The van der Waals surface area contributed by atoms with E-state index in [-0.39, 0.29) is 17.5 Å². The quantitative estimate of drug-likeness (QED) is 0.464. The van der Waals surface area contributed by atoms with E-state index in [9.17, 15) is 4.79 Å². The molecule has 2 rings (SSSR count). The molecule has 0 heterocycles. The Kier molecular flexibility index (Phi) is 6.47. The number of nitrogens with zero attached hydrogens (tertiary/aromatic N) is 1. The van der Waals surface area contributed by atoms with Crippen LogP contribution < -0.4 is 10.6 Å². The standard InChI is InChI=1S/C17H20BrN3O/c18-16-8-4-1-5-13(16)9-10-20-12-14(11-19)17(22)21-15-6-2-3-7-15/h1,4-5,8,12,15,20H,2-3,6-7,9-10H2,(H,21,22)/b14-12-. The molecule has 0 aromatic heterocycles. The lowest BCUT2D eigenvalue weighted by molar-refractivity contribution is -0.117. The summed E-state index contributed by atoms with van der Waals surface area (Å²) in [6.07, 6.45) is 6.67. The maximum atomic E-state index is 12.0. The van der Waals surface area contributed by atoms with Gasteiger partial charge in [0.1, 0.15) is 11.6 Å². The number of nitriles is 1. The summed E-state index contributed by atoms with van der Waals surface area (Å²) in [5.41, 5.74) is 1.33. The number of hydrogen-bond donors (Lipinski definition) is 2. The van der Waals surface area contributed by atoms with E-state index in [0.717, 1.165) is 36.6 Å². The summed E-state index contributed by atoms with van der Waals surface area (Å²) < 4.78 is 1.07. The van der Waals surface area contributed by atoms with Gasteiger partial charge in [0, 0.05) is 23.3 Å². The molecule has 22 heavy (non-hydrogen) atoms. The van der Waals surface area contributed by atoms with Crippen LogP contribution in [0.1, 0.15) is 31.2 Å². The fourth-order valence-corrected chi connectivity index (χ4v) is 3.05. The fourth-order valence-electron chi connectivity index (χ4n) is 2.56. The molecular formula is C17H20BrN3O. The second-order valence-electron chi connectivity index (χ2n) is 5.42. The van der Waals surface area contributed by atoms with E-state index >= 15 is 0 Å². The van der Waals surface area contributed by atoms with Crippen LogP contribution in [-0.2, 0) is 11.2 Å². The second-order valence-corrected chi connectivity index (χ2v) is 6.27. The summed E-state index contributed by atoms with van der Waals surface area (Å²) in [6.45, 7) is 0.671. The Morgan fingerprint density at radius 3 is 2.77 bits per heavy atom. The van der Waals surface area contributed by atoms with Crippen molar-refractivity contribution in [3.63, 3.8) is 0 Å². The Labute approximate surface area is 139 Å². The molecular weight excluding hydrogens is 342 g/mol. The van der Waals surface area contributed by atoms with E-state index in [1.807, 2.05) is 30.3 Å². The summed E-state index contributed by atoms with van der Waals surface area (Å²) >= 11 is 3.50. The molecule has 5 heteroatoms. The fraction of sp³-hybridized carbons (Fsp3) is 0.412. The highest BCUT2D eigenvalue weighted by atomic mass is 79.9. The van der Waals surface area contributed by atoms with Crippen LogP contribution in [0.25, 0.3) is 0 Å². The van der Waals surface area contributed by atoms with Crippen molar-refractivity contribution in [2.45, 2.75) is 38.1 Å². The predicted molar refractivity (Wildman–Crippen MR) is 89.9 cm³/mol. The van der Waals surface area contributed by atoms with Crippen LogP contribution in [0, 0.1) is 11.3 Å². The number of hydrogen-bond acceptors (Lipinski definition) is 3. The minimum absolute atomic E-state index is 0.138. The summed E-state index contributed by atoms with van der Waals surface area (Å²) in [6, 6.07) is 10.2. The molecule has 1 aliphatic carbocycles. The average Bonchev–Trinajstić information content (AvgIpc) is 3.02. The lowest BCUT2D eigenvalue weighted by Crippen LogP contribution is -2.34. The number of halogens is 1. The van der Waals surface area contributed by atoms with Crippen molar-refractivity contribution in [2.24, 2.45) is 0 Å². The van der Waals surface area contributed by atoms with Crippen molar-refractivity contribution in [1.82, 2.24) is 10.6 Å². The summed E-state index contributed by atoms with van der Waals surface area (Å²) in [4.78, 5) is 12.0. The van der Waals surface area contributed by atoms with E-state index in [0.29, 0.717) is 6.54 Å². The molecule has 0 saturated heterocycles. The topological polar surface area (TPSA) is 64.9 Å². The highest BCUT2D eigenvalue weighted by molar-refractivity contribution is 9.10. The molecule has 0 bridgehead atoms. The maximum Gasteiger partial charge on any atom is 0.263 e. The number of carbonyl (C=O) groups excluding carboxylic acids is 1. The van der Waals surface area contributed by atoms with E-state index in [4.69, 9.17) is 5.26 Å². The van der Waals surface area contributed by atoms with Crippen molar-refractivity contribution in [3.05, 3.63) is 46.1 Å². The monoisotopic (exact) mass is 361 g/mol. The van der Waals surface area contributed by atoms with Gasteiger partial charge in [0.15, 0.2) is 0 Å². The number of benzene rings is 1. The lowest BCUT2D eigenvalue weighted by atomic mass is 10.1. The summed E-state index contributed by atoms with van der Waals surface area (Å²) in [5, 5.41) is 15.1. The van der Waals surface area contributed by atoms with Crippen LogP contribution in [0.3, 0.4) is 0 Å². The van der Waals surface area contributed by atoms with E-state index in [1.54, 1.807) is 0 Å². The largest absolute Gasteiger partial charge is 0.389 e. The van der Waals surface area contributed by atoms with Gasteiger partial charge in [0.2, 0.25) is 0 Å². The second kappa shape index (κ2) is 8.60. The van der Waals surface area contributed by atoms with Crippen LogP contribution in [-0.4, -0.2) is 18.5 Å². The first-order chi connectivity index (χ1) is 10.7. The van der Waals surface area contributed by atoms with Crippen molar-refractivity contribution >= 4 is 21.8 Å². The molecule has 1 aromatic carbocycles. The molecule has 0 radical (unpaired) electrons. The maximum absolute atomic E-state index is 12.0. The Bertz CT molecular complexity index is 586. The van der Waals surface area contributed by atoms with E-state index in [2.05, 4.69) is 26.6 Å². The van der Waals surface area contributed by atoms with Gasteiger partial charge in [-0.3, -0.25) is 4.79 Å². The minimum Gasteiger partial charge on any atom is -0.389 e. The Morgan fingerprint density at radius 1 is 1.36 bits per heavy atom. The highest BCUT2D eigenvalue weighted by Crippen LogP contribution is 2.18. The third-order valence-electron chi connectivity index (χ3n) is 3.80. The average molecular weight is 362 g/mol. The van der Waals surface area contributed by atoms with Gasteiger partial charge in [-0.1, -0.05) is 47.0 Å². The lowest BCUT2D eigenvalue weighted by Gasteiger charge is -2.11. The number of nitrogens with one attached hydrogen (secondary N) is 2. The van der Waals surface area contributed by atoms with Crippen molar-refractivity contribution < 1.29 is 4.79 Å². The smallest absolute Gasteiger partial charge is 0.263 e. The first kappa shape index (κ1) is 16.6. The molecule has 1 fully saturated rings. The van der Waals surface area contributed by atoms with Gasteiger partial charge in [0.25, 0.3) is 5.91 Å². The van der Waals surface area contributed by atoms with Crippen LogP contribution in [0.4, 0.5) is 0 Å². The zero-order valence-corrected chi connectivity index (χ0v) is 14.0. The van der Waals surface area contributed by atoms with Gasteiger partial charge < -0.3 is 10.6 Å². The summed E-state index contributed by atoms with van der Waals surface area (Å²) in [5.74, 6) is -0.275. The molecule has 1 aliphatic rings. The third-order valence-corrected chi connectivity index (χ3v) is 4.57. The molecule has 1 amide bonds. The van der Waals surface area contributed by atoms with Gasteiger partial charge in [-0.25, -0.2) is 0 Å². The van der Waals surface area contributed by atoms with E-state index < -0.39 is 0 Å². The Hall–Kier alpha value is -1.80. The van der Waals surface area contributed by atoms with Crippen LogP contribution >= 0.6 is 15.9 Å². The minimum atomic E-state index is -0.275. The Balaban J connectivity index is 1.80. The SMILES string of the molecule is N#C/C(=C/NCCc1ccccc1Br)C(=O)NC1CCCC1. The van der Waals surface area contributed by atoms with Crippen molar-refractivity contribution in [3.8, 4) is 6.07 Å². The van der Waals surface area contributed by atoms with Gasteiger partial charge in [0.05, 0.1) is 0 Å². The Morgan fingerprint density at radius 2 is 2.09 bits per heavy atom. The molecule has 1 aromatic rings. The molecule has 0 atom stereocenters. The molecule has 0 aliphatic heterocycles. The van der Waals surface area contributed by atoms with E-state index in [1.165, 1.54) is 11.8 Å². The van der Waals surface area contributed by atoms with Crippen molar-refractivity contribution in [1.29, 1.82) is 5.26 Å². The first-order valence-corrected chi connectivity index (χ1v) is 8.38. The van der Waals surface area contributed by atoms with Crippen molar-refractivity contribution in [2.75, 3.05) is 6.54 Å². The van der Waals surface area contributed by atoms with Crippen LogP contribution in [0.2, 0.25) is 0 Å². The van der Waals surface area contributed by atoms with Gasteiger partial charge in [-0.2, -0.15) is 5.26 Å². The third kappa shape index (κ3) is 4.88. The molecule has 2 N–H and O–H groups in total. The van der Waals surface area contributed by atoms with Crippen LogP contribution in [0.5, 0.6) is 0 Å². The number of carbonyl (C=O) groups is 1. The molecule has 0 spiro atoms. The van der Waals surface area contributed by atoms with Gasteiger partial charge >= 0.3 is 0 Å². The predicted octanol–water partition coefficient (Wildman–Crippen LogP) is 3.05. The normalized spacial score (nSPS) is 15.4. The molecule has 116 valence electrons. The van der Waals surface area contributed by atoms with Gasteiger partial charge in [-0.15, -0.1) is 0 Å². The highest BCUT2D eigenvalue weighted by Gasteiger charge is 2.19. The van der Waals surface area contributed by atoms with Gasteiger partial charge in [-0.05, 0) is 30.9 Å². The zero-order valence-electron chi connectivity index (χ0n) is 12.4. The molecule has 4 nitrogen and oxygen atoms in total. The number of amides is 1. The zero-order chi connectivity index (χ0) is 15.8. The molecule has 0 unspecified atom stereocenters. The number of rotatable bonds is 6.